The number of nitriles is 1. The van der Waals surface area contributed by atoms with E-state index in [0.29, 0.717) is 5.56 Å². The largest absolute Gasteiger partial charge is 0.456 e. The minimum absolute atomic E-state index is 0.0841. The van der Waals surface area contributed by atoms with Gasteiger partial charge in [0.25, 0.3) is 0 Å². The van der Waals surface area contributed by atoms with Gasteiger partial charge in [0.05, 0.1) is 28.4 Å². The Morgan fingerprint density at radius 3 is 2.05 bits per heavy atom. The van der Waals surface area contributed by atoms with Crippen molar-refractivity contribution in [2.24, 2.45) is 0 Å². The molecule has 1 aliphatic carbocycles. The quantitative estimate of drug-likeness (QED) is 0.215. The molecule has 3 nitrogen and oxygen atoms in total. The number of hydrogen-bond acceptors (Lipinski definition) is 2. The molecule has 202 valence electrons. The lowest BCUT2D eigenvalue weighted by atomic mass is 9.82. The fourth-order valence-corrected chi connectivity index (χ4v) is 7.35. The Hall–Kier alpha value is -5.59. The maximum absolute atomic E-state index is 9.89. The second-order valence-corrected chi connectivity index (χ2v) is 12.1. The Labute approximate surface area is 248 Å². The highest BCUT2D eigenvalue weighted by Gasteiger charge is 2.36. The van der Waals surface area contributed by atoms with Crippen molar-refractivity contribution < 1.29 is 4.42 Å². The molecule has 3 heteroatoms. The Morgan fingerprint density at radius 1 is 0.581 bits per heavy atom. The molecule has 0 N–H and O–H groups in total. The van der Waals surface area contributed by atoms with Crippen molar-refractivity contribution in [3.05, 3.63) is 138 Å². The van der Waals surface area contributed by atoms with Gasteiger partial charge in [-0.3, -0.25) is 0 Å². The number of benzene rings is 6. The number of aromatic nitrogens is 1. The van der Waals surface area contributed by atoms with Gasteiger partial charge in [-0.15, -0.1) is 0 Å². The molecular weight excluding hydrogens is 524 g/mol. The standard InChI is InChI=1S/C40H26N2O/c1-40(2)33-12-6-3-9-26(33)30-21-32-31-20-25(16-18-38(31)43-39(32)22-34(30)40)29-19-24(23-41)15-17-37(29)42-35-13-7-4-10-27(35)28-11-5-8-14-36(28)42/h3-22H,1-2H3. The van der Waals surface area contributed by atoms with Crippen LogP contribution in [-0.2, 0) is 5.41 Å². The Morgan fingerprint density at radius 2 is 1.28 bits per heavy atom. The minimum atomic E-state index is -0.0841. The summed E-state index contributed by atoms with van der Waals surface area (Å²) in [6, 6.07) is 45.1. The van der Waals surface area contributed by atoms with Crippen LogP contribution in [0.15, 0.2) is 126 Å². The first-order valence-corrected chi connectivity index (χ1v) is 14.7. The fourth-order valence-electron chi connectivity index (χ4n) is 7.35. The average molecular weight is 551 g/mol. The van der Waals surface area contributed by atoms with Crippen molar-refractivity contribution in [1.29, 1.82) is 5.26 Å². The molecule has 0 saturated heterocycles. The second-order valence-electron chi connectivity index (χ2n) is 12.1. The van der Waals surface area contributed by atoms with Crippen LogP contribution in [0.1, 0.15) is 30.5 Å². The van der Waals surface area contributed by atoms with Gasteiger partial charge in [-0.25, -0.2) is 0 Å². The molecule has 0 aliphatic heterocycles. The first-order valence-electron chi connectivity index (χ1n) is 14.7. The number of rotatable bonds is 2. The smallest absolute Gasteiger partial charge is 0.135 e. The Kier molecular flexibility index (Phi) is 4.74. The first-order chi connectivity index (χ1) is 21.0. The summed E-state index contributed by atoms with van der Waals surface area (Å²) < 4.78 is 8.79. The summed E-state index contributed by atoms with van der Waals surface area (Å²) in [5.41, 5.74) is 12.9. The van der Waals surface area contributed by atoms with Gasteiger partial charge in [-0.2, -0.15) is 5.26 Å². The average Bonchev–Trinajstić information content (AvgIpc) is 3.65. The van der Waals surface area contributed by atoms with E-state index in [-0.39, 0.29) is 5.41 Å². The van der Waals surface area contributed by atoms with Gasteiger partial charge in [0.1, 0.15) is 11.2 Å². The van der Waals surface area contributed by atoms with Crippen LogP contribution in [0.3, 0.4) is 0 Å². The topological polar surface area (TPSA) is 41.9 Å². The number of nitrogens with zero attached hydrogens (tertiary/aromatic N) is 2. The maximum atomic E-state index is 9.89. The first kappa shape index (κ1) is 24.1. The van der Waals surface area contributed by atoms with Gasteiger partial charge in [-0.05, 0) is 82.4 Å². The number of para-hydroxylation sites is 2. The lowest BCUT2D eigenvalue weighted by Gasteiger charge is -2.21. The van der Waals surface area contributed by atoms with Gasteiger partial charge >= 0.3 is 0 Å². The highest BCUT2D eigenvalue weighted by molar-refractivity contribution is 6.11. The summed E-state index contributed by atoms with van der Waals surface area (Å²) in [6.07, 6.45) is 0. The van der Waals surface area contributed by atoms with Crippen molar-refractivity contribution in [3.8, 4) is 34.0 Å². The lowest BCUT2D eigenvalue weighted by Crippen LogP contribution is -2.14. The van der Waals surface area contributed by atoms with Gasteiger partial charge < -0.3 is 8.98 Å². The van der Waals surface area contributed by atoms with Crippen LogP contribution in [0, 0.1) is 11.3 Å². The number of fused-ring (bicyclic) bond motifs is 9. The highest BCUT2D eigenvalue weighted by atomic mass is 16.3. The van der Waals surface area contributed by atoms with E-state index in [1.54, 1.807) is 0 Å². The van der Waals surface area contributed by atoms with Crippen molar-refractivity contribution in [3.63, 3.8) is 0 Å². The van der Waals surface area contributed by atoms with Crippen LogP contribution in [0.25, 0.3) is 71.7 Å². The number of hydrogen-bond donors (Lipinski definition) is 0. The molecule has 0 fully saturated rings. The van der Waals surface area contributed by atoms with Crippen LogP contribution in [0.2, 0.25) is 0 Å². The zero-order chi connectivity index (χ0) is 28.9. The van der Waals surface area contributed by atoms with E-state index in [9.17, 15) is 5.26 Å². The molecule has 2 aromatic heterocycles. The van der Waals surface area contributed by atoms with E-state index >= 15 is 0 Å². The molecule has 0 radical (unpaired) electrons. The maximum Gasteiger partial charge on any atom is 0.135 e. The SMILES string of the molecule is CC1(C)c2ccccc2-c2cc3c(cc21)oc1ccc(-c2cc(C#N)ccc2-n2c4ccccc4c4ccccc42)cc13. The molecule has 0 saturated carbocycles. The summed E-state index contributed by atoms with van der Waals surface area (Å²) in [5.74, 6) is 0. The Balaban J connectivity index is 1.31. The van der Waals surface area contributed by atoms with Gasteiger partial charge in [-0.1, -0.05) is 80.6 Å². The Bertz CT molecular complexity index is 2450. The highest BCUT2D eigenvalue weighted by Crippen LogP contribution is 2.51. The summed E-state index contributed by atoms with van der Waals surface area (Å²) in [6.45, 7) is 4.59. The van der Waals surface area contributed by atoms with Crippen LogP contribution >= 0.6 is 0 Å². The second kappa shape index (κ2) is 8.47. The molecule has 43 heavy (non-hydrogen) atoms. The monoisotopic (exact) mass is 550 g/mol. The summed E-state index contributed by atoms with van der Waals surface area (Å²) in [7, 11) is 0. The third-order valence-corrected chi connectivity index (χ3v) is 9.43. The summed E-state index contributed by atoms with van der Waals surface area (Å²) >= 11 is 0. The van der Waals surface area contributed by atoms with Crippen molar-refractivity contribution in [1.82, 2.24) is 4.57 Å². The van der Waals surface area contributed by atoms with Gasteiger partial charge in [0.2, 0.25) is 0 Å². The zero-order valence-corrected chi connectivity index (χ0v) is 23.8. The predicted octanol–water partition coefficient (Wildman–Crippen LogP) is 10.5. The van der Waals surface area contributed by atoms with Crippen molar-refractivity contribution in [2.45, 2.75) is 19.3 Å². The van der Waals surface area contributed by atoms with Gasteiger partial charge in [0.15, 0.2) is 0 Å². The van der Waals surface area contributed by atoms with E-state index < -0.39 is 0 Å². The summed E-state index contributed by atoms with van der Waals surface area (Å²) in [4.78, 5) is 0. The fraction of sp³-hybridized carbons (Fsp3) is 0.0750. The molecule has 8 aromatic rings. The van der Waals surface area contributed by atoms with Crippen molar-refractivity contribution in [2.75, 3.05) is 0 Å². The van der Waals surface area contributed by atoms with E-state index in [2.05, 4.69) is 134 Å². The molecule has 9 rings (SSSR count). The van der Waals surface area contributed by atoms with E-state index in [4.69, 9.17) is 4.42 Å². The molecule has 0 atom stereocenters. The number of furan rings is 1. The third kappa shape index (κ3) is 3.24. The summed E-state index contributed by atoms with van der Waals surface area (Å²) in [5, 5.41) is 14.5. The van der Waals surface area contributed by atoms with Crippen molar-refractivity contribution >= 4 is 43.7 Å². The zero-order valence-electron chi connectivity index (χ0n) is 23.8. The molecular formula is C40H26N2O. The van der Waals surface area contributed by atoms with Crippen LogP contribution in [-0.4, -0.2) is 4.57 Å². The minimum Gasteiger partial charge on any atom is -0.456 e. The van der Waals surface area contributed by atoms with E-state index in [1.807, 2.05) is 12.1 Å². The third-order valence-electron chi connectivity index (χ3n) is 9.43. The van der Waals surface area contributed by atoms with Crippen LogP contribution < -0.4 is 0 Å². The predicted molar refractivity (Wildman–Crippen MR) is 176 cm³/mol. The molecule has 6 aromatic carbocycles. The molecule has 0 bridgehead atoms. The van der Waals surface area contributed by atoms with Crippen LogP contribution in [0.5, 0.6) is 0 Å². The normalized spacial score (nSPS) is 13.5. The van der Waals surface area contributed by atoms with E-state index in [0.717, 1.165) is 49.8 Å². The van der Waals surface area contributed by atoms with E-state index in [1.165, 1.54) is 33.0 Å². The molecule has 1 aliphatic rings. The molecule has 0 spiro atoms. The van der Waals surface area contributed by atoms with Crippen LogP contribution in [0.4, 0.5) is 0 Å². The molecule has 0 unspecified atom stereocenters. The van der Waals surface area contributed by atoms with Gasteiger partial charge in [0, 0.05) is 32.5 Å². The molecule has 0 amide bonds. The lowest BCUT2D eigenvalue weighted by molar-refractivity contribution is 0.647. The molecule has 2 heterocycles.